The van der Waals surface area contributed by atoms with Gasteiger partial charge in [-0.2, -0.15) is 0 Å². The van der Waals surface area contributed by atoms with Gasteiger partial charge in [0.15, 0.2) is 0 Å². The number of nitrogens with two attached hydrogens (primary N) is 1. The molecule has 0 amide bonds. The van der Waals surface area contributed by atoms with Crippen molar-refractivity contribution in [2.24, 2.45) is 16.3 Å². The molecule has 2 heterocycles. The summed E-state index contributed by atoms with van der Waals surface area (Å²) in [6, 6.07) is 4.01. The van der Waals surface area contributed by atoms with Crippen molar-refractivity contribution in [1.82, 2.24) is 4.90 Å². The summed E-state index contributed by atoms with van der Waals surface area (Å²) in [7, 11) is 0. The van der Waals surface area contributed by atoms with Gasteiger partial charge in [0.05, 0.1) is 4.34 Å². The fourth-order valence-electron chi connectivity index (χ4n) is 2.24. The lowest BCUT2D eigenvalue weighted by atomic mass is 9.79. The molecule has 0 bridgehead atoms. The smallest absolute Gasteiger partial charge is 0.145 e. The largest absolute Gasteiger partial charge is 0.409 e. The molecule has 1 aromatic heterocycles. The first-order valence-electron chi connectivity index (χ1n) is 5.98. The summed E-state index contributed by atoms with van der Waals surface area (Å²) in [6.07, 6.45) is 1.84. The molecule has 0 saturated carbocycles. The van der Waals surface area contributed by atoms with E-state index in [0.717, 1.165) is 36.8 Å². The quantitative estimate of drug-likeness (QED) is 0.389. The highest BCUT2D eigenvalue weighted by atomic mass is 35.5. The van der Waals surface area contributed by atoms with Gasteiger partial charge in [0.2, 0.25) is 0 Å². The fourth-order valence-corrected chi connectivity index (χ4v) is 3.37. The van der Waals surface area contributed by atoms with Gasteiger partial charge in [-0.05, 0) is 38.1 Å². The summed E-state index contributed by atoms with van der Waals surface area (Å²) in [6.45, 7) is 4.91. The Morgan fingerprint density at radius 1 is 1.56 bits per heavy atom. The van der Waals surface area contributed by atoms with Gasteiger partial charge in [0, 0.05) is 16.8 Å². The van der Waals surface area contributed by atoms with Crippen LogP contribution in [0, 0.1) is 5.41 Å². The van der Waals surface area contributed by atoms with Gasteiger partial charge < -0.3 is 10.9 Å². The zero-order valence-electron chi connectivity index (χ0n) is 10.4. The standard InChI is InChI=1S/C12H18ClN3OS/c1-12(11(14)15-17)4-6-16(7-5-12)8-9-2-3-10(13)18-9/h2-3,17H,4-8H2,1H3,(H2,14,15). The number of nitrogens with zero attached hydrogens (tertiary/aromatic N) is 2. The number of halogens is 1. The monoisotopic (exact) mass is 287 g/mol. The highest BCUT2D eigenvalue weighted by Gasteiger charge is 2.34. The van der Waals surface area contributed by atoms with Gasteiger partial charge in [-0.1, -0.05) is 23.7 Å². The van der Waals surface area contributed by atoms with E-state index in [1.807, 2.05) is 6.07 Å². The number of amidine groups is 1. The Balaban J connectivity index is 1.91. The molecular formula is C12H18ClN3OS. The number of rotatable bonds is 3. The number of thiophene rings is 1. The van der Waals surface area contributed by atoms with Crippen molar-refractivity contribution in [3.63, 3.8) is 0 Å². The predicted molar refractivity (Wildman–Crippen MR) is 75.4 cm³/mol. The van der Waals surface area contributed by atoms with E-state index >= 15 is 0 Å². The van der Waals surface area contributed by atoms with Crippen LogP contribution < -0.4 is 5.73 Å². The molecule has 3 N–H and O–H groups in total. The lowest BCUT2D eigenvalue weighted by Crippen LogP contribution is -2.45. The zero-order valence-corrected chi connectivity index (χ0v) is 12.0. The van der Waals surface area contributed by atoms with Crippen LogP contribution in [0.2, 0.25) is 4.34 Å². The van der Waals surface area contributed by atoms with Crippen LogP contribution in [-0.2, 0) is 6.54 Å². The van der Waals surface area contributed by atoms with Crippen LogP contribution in [0.1, 0.15) is 24.6 Å². The van der Waals surface area contributed by atoms with Gasteiger partial charge in [-0.3, -0.25) is 4.90 Å². The van der Waals surface area contributed by atoms with E-state index < -0.39 is 0 Å². The second kappa shape index (κ2) is 5.47. The lowest BCUT2D eigenvalue weighted by Gasteiger charge is -2.38. The van der Waals surface area contributed by atoms with Crippen molar-refractivity contribution in [2.45, 2.75) is 26.3 Å². The van der Waals surface area contributed by atoms with Crippen LogP contribution >= 0.6 is 22.9 Å². The maximum absolute atomic E-state index is 8.79. The Labute approximate surface area is 116 Å². The number of likely N-dealkylation sites (tertiary alicyclic amines) is 1. The highest BCUT2D eigenvalue weighted by Crippen LogP contribution is 2.32. The first-order chi connectivity index (χ1) is 8.53. The van der Waals surface area contributed by atoms with Crippen molar-refractivity contribution >= 4 is 28.8 Å². The molecule has 100 valence electrons. The van der Waals surface area contributed by atoms with Crippen LogP contribution in [0.4, 0.5) is 0 Å². The molecule has 1 aliphatic rings. The molecular weight excluding hydrogens is 270 g/mol. The highest BCUT2D eigenvalue weighted by molar-refractivity contribution is 7.16. The first-order valence-corrected chi connectivity index (χ1v) is 7.17. The number of oxime groups is 1. The first kappa shape index (κ1) is 13.6. The molecule has 0 spiro atoms. The molecule has 18 heavy (non-hydrogen) atoms. The van der Waals surface area contributed by atoms with Crippen molar-refractivity contribution in [2.75, 3.05) is 13.1 Å². The summed E-state index contributed by atoms with van der Waals surface area (Å²) in [5, 5.41) is 11.9. The Morgan fingerprint density at radius 2 is 2.22 bits per heavy atom. The van der Waals surface area contributed by atoms with Crippen molar-refractivity contribution in [1.29, 1.82) is 0 Å². The van der Waals surface area contributed by atoms with Crippen molar-refractivity contribution in [3.8, 4) is 0 Å². The number of hydrogen-bond donors (Lipinski definition) is 2. The molecule has 1 fully saturated rings. The summed E-state index contributed by atoms with van der Waals surface area (Å²) >= 11 is 7.55. The fraction of sp³-hybridized carbons (Fsp3) is 0.583. The van der Waals surface area contributed by atoms with E-state index in [1.54, 1.807) is 11.3 Å². The van der Waals surface area contributed by atoms with Crippen LogP contribution in [0.5, 0.6) is 0 Å². The van der Waals surface area contributed by atoms with Gasteiger partial charge in [0.25, 0.3) is 0 Å². The van der Waals surface area contributed by atoms with Crippen LogP contribution in [-0.4, -0.2) is 29.0 Å². The molecule has 0 unspecified atom stereocenters. The summed E-state index contributed by atoms with van der Waals surface area (Å²) in [5.41, 5.74) is 5.58. The topological polar surface area (TPSA) is 61.9 Å². The lowest BCUT2D eigenvalue weighted by molar-refractivity contribution is 0.154. The SMILES string of the molecule is CC1(/C(N)=N/O)CCN(Cc2ccc(Cl)s2)CC1. The third-order valence-electron chi connectivity index (χ3n) is 3.69. The van der Waals surface area contributed by atoms with E-state index in [9.17, 15) is 0 Å². The van der Waals surface area contributed by atoms with E-state index in [1.165, 1.54) is 4.88 Å². The van der Waals surface area contributed by atoms with Crippen LogP contribution in [0.15, 0.2) is 17.3 Å². The molecule has 0 atom stereocenters. The Morgan fingerprint density at radius 3 is 2.72 bits per heavy atom. The maximum Gasteiger partial charge on any atom is 0.145 e. The average molecular weight is 288 g/mol. The normalized spacial score (nSPS) is 21.1. The number of piperidine rings is 1. The molecule has 4 nitrogen and oxygen atoms in total. The zero-order chi connectivity index (χ0) is 13.2. The minimum atomic E-state index is -0.168. The van der Waals surface area contributed by atoms with E-state index in [4.69, 9.17) is 22.5 Å². The Bertz CT molecular complexity index is 438. The van der Waals surface area contributed by atoms with Gasteiger partial charge >= 0.3 is 0 Å². The van der Waals surface area contributed by atoms with Gasteiger partial charge in [0.1, 0.15) is 5.84 Å². The minimum absolute atomic E-state index is 0.168. The number of hydrogen-bond acceptors (Lipinski definition) is 4. The van der Waals surface area contributed by atoms with Crippen LogP contribution in [0.3, 0.4) is 0 Å². The van der Waals surface area contributed by atoms with E-state index in [2.05, 4.69) is 23.0 Å². The Kier molecular flexibility index (Phi) is 4.14. The van der Waals surface area contributed by atoms with Gasteiger partial charge in [-0.25, -0.2) is 0 Å². The van der Waals surface area contributed by atoms with Gasteiger partial charge in [-0.15, -0.1) is 11.3 Å². The third kappa shape index (κ3) is 2.96. The van der Waals surface area contributed by atoms with E-state index in [0.29, 0.717) is 5.84 Å². The molecule has 1 aromatic rings. The molecule has 0 aliphatic carbocycles. The molecule has 0 aromatic carbocycles. The summed E-state index contributed by atoms with van der Waals surface area (Å²) < 4.78 is 0.837. The van der Waals surface area contributed by atoms with Crippen molar-refractivity contribution < 1.29 is 5.21 Å². The molecule has 2 rings (SSSR count). The summed E-state index contributed by atoms with van der Waals surface area (Å²) in [5.74, 6) is 0.348. The Hall–Kier alpha value is -0.780. The molecule has 1 aliphatic heterocycles. The average Bonchev–Trinajstić information content (AvgIpc) is 2.77. The van der Waals surface area contributed by atoms with E-state index in [-0.39, 0.29) is 5.41 Å². The summed E-state index contributed by atoms with van der Waals surface area (Å²) in [4.78, 5) is 3.67. The van der Waals surface area contributed by atoms with Crippen LogP contribution in [0.25, 0.3) is 0 Å². The maximum atomic E-state index is 8.79. The minimum Gasteiger partial charge on any atom is -0.409 e. The van der Waals surface area contributed by atoms with Crippen molar-refractivity contribution in [3.05, 3.63) is 21.3 Å². The second-order valence-electron chi connectivity index (χ2n) is 5.03. The third-order valence-corrected chi connectivity index (χ3v) is 4.91. The molecule has 1 saturated heterocycles. The molecule has 0 radical (unpaired) electrons. The molecule has 6 heteroatoms. The second-order valence-corrected chi connectivity index (χ2v) is 6.83. The predicted octanol–water partition coefficient (Wildman–Crippen LogP) is 2.75.